The van der Waals surface area contributed by atoms with Crippen molar-refractivity contribution in [1.29, 1.82) is 0 Å². The second-order valence-corrected chi connectivity index (χ2v) is 9.33. The molecule has 0 spiro atoms. The number of aryl methyl sites for hydroxylation is 1. The highest BCUT2D eigenvalue weighted by Gasteiger charge is 2.50. The normalized spacial score (nSPS) is 22.7. The Bertz CT molecular complexity index is 1290. The lowest BCUT2D eigenvalue weighted by Gasteiger charge is -2.53. The van der Waals surface area contributed by atoms with Gasteiger partial charge in [0.05, 0.1) is 15.4 Å². The summed E-state index contributed by atoms with van der Waals surface area (Å²) in [7, 11) is 0. The molecule has 180 valence electrons. The van der Waals surface area contributed by atoms with E-state index in [2.05, 4.69) is 4.90 Å². The molecule has 3 aromatic carbocycles. The summed E-state index contributed by atoms with van der Waals surface area (Å²) < 4.78 is 0. The van der Waals surface area contributed by atoms with Gasteiger partial charge in [-0.15, -0.1) is 0 Å². The first-order valence-corrected chi connectivity index (χ1v) is 11.5. The Labute approximate surface area is 203 Å². The maximum atomic E-state index is 13.4. The molecule has 0 bridgehead atoms. The molecule has 0 aliphatic carbocycles. The van der Waals surface area contributed by atoms with E-state index < -0.39 is 27.3 Å². The van der Waals surface area contributed by atoms with Crippen molar-refractivity contribution in [2.45, 2.75) is 45.3 Å². The van der Waals surface area contributed by atoms with Crippen LogP contribution in [0.1, 0.15) is 48.6 Å². The molecule has 1 heterocycles. The van der Waals surface area contributed by atoms with Crippen molar-refractivity contribution in [2.75, 3.05) is 0 Å². The van der Waals surface area contributed by atoms with Crippen molar-refractivity contribution < 1.29 is 14.6 Å². The summed E-state index contributed by atoms with van der Waals surface area (Å²) in [6.07, 6.45) is 0.193. The fourth-order valence-corrected chi connectivity index (χ4v) is 5.02. The zero-order valence-electron chi connectivity index (χ0n) is 19.9. The molecule has 0 aromatic heterocycles. The zero-order valence-corrected chi connectivity index (χ0v) is 19.9. The minimum Gasteiger partial charge on any atom is -0.299 e. The van der Waals surface area contributed by atoms with E-state index in [1.807, 2.05) is 51.1 Å². The van der Waals surface area contributed by atoms with Crippen LogP contribution in [-0.4, -0.2) is 20.5 Å². The van der Waals surface area contributed by atoms with E-state index in [0.717, 1.165) is 11.1 Å². The van der Waals surface area contributed by atoms with E-state index in [1.165, 1.54) is 24.3 Å². The van der Waals surface area contributed by atoms with Crippen molar-refractivity contribution in [3.8, 4) is 0 Å². The molecule has 3 aromatic rings. The van der Waals surface area contributed by atoms with E-state index in [0.29, 0.717) is 17.7 Å². The Hall–Kier alpha value is -3.91. The maximum absolute atomic E-state index is 13.4. The van der Waals surface area contributed by atoms with Crippen molar-refractivity contribution >= 4 is 17.2 Å². The quantitative estimate of drug-likeness (QED) is 0.327. The van der Waals surface area contributed by atoms with Crippen molar-refractivity contribution in [2.24, 2.45) is 5.92 Å². The number of carbonyl (C=O) groups is 1. The van der Waals surface area contributed by atoms with Gasteiger partial charge in [0.2, 0.25) is 0 Å². The minimum absolute atomic E-state index is 0.00988. The van der Waals surface area contributed by atoms with E-state index in [-0.39, 0.29) is 23.6 Å². The highest BCUT2D eigenvalue weighted by atomic mass is 16.6. The number of rotatable bonds is 6. The van der Waals surface area contributed by atoms with Gasteiger partial charge in [-0.25, -0.2) is 0 Å². The summed E-state index contributed by atoms with van der Waals surface area (Å²) in [5.41, 5.74) is 2.49. The topological polar surface area (TPSA) is 107 Å². The fourth-order valence-electron chi connectivity index (χ4n) is 5.02. The third-order valence-electron chi connectivity index (χ3n) is 7.27. The molecule has 0 N–H and O–H groups in total. The zero-order chi connectivity index (χ0) is 25.3. The number of carbonyl (C=O) groups excluding carboxylic acids is 1. The molecule has 8 heteroatoms. The van der Waals surface area contributed by atoms with Gasteiger partial charge in [0, 0.05) is 49.2 Å². The maximum Gasteiger partial charge on any atom is 0.269 e. The van der Waals surface area contributed by atoms with E-state index in [4.69, 9.17) is 0 Å². The summed E-state index contributed by atoms with van der Waals surface area (Å²) in [5.74, 6) is -0.444. The first kappa shape index (κ1) is 24.2. The predicted molar refractivity (Wildman–Crippen MR) is 132 cm³/mol. The van der Waals surface area contributed by atoms with Crippen LogP contribution in [0.2, 0.25) is 0 Å². The van der Waals surface area contributed by atoms with Crippen LogP contribution in [-0.2, 0) is 16.9 Å². The second kappa shape index (κ2) is 9.38. The summed E-state index contributed by atoms with van der Waals surface area (Å²) >= 11 is 0. The Morgan fingerprint density at radius 3 is 2.17 bits per heavy atom. The van der Waals surface area contributed by atoms with Crippen molar-refractivity contribution in [1.82, 2.24) is 4.90 Å². The van der Waals surface area contributed by atoms with Crippen LogP contribution in [0.5, 0.6) is 0 Å². The summed E-state index contributed by atoms with van der Waals surface area (Å²) in [6, 6.07) is 20.4. The number of nitro groups is 2. The third kappa shape index (κ3) is 4.57. The van der Waals surface area contributed by atoms with Gasteiger partial charge in [0.1, 0.15) is 5.78 Å². The van der Waals surface area contributed by atoms with Crippen LogP contribution in [0.4, 0.5) is 11.4 Å². The molecular weight excluding hydrogens is 446 g/mol. The molecule has 4 rings (SSSR count). The number of non-ortho nitro benzene ring substituents is 2. The van der Waals surface area contributed by atoms with Gasteiger partial charge in [-0.05, 0) is 30.5 Å². The number of piperidine rings is 1. The molecule has 0 amide bonds. The molecule has 1 unspecified atom stereocenters. The highest BCUT2D eigenvalue weighted by Crippen LogP contribution is 2.49. The van der Waals surface area contributed by atoms with Crippen LogP contribution in [0.3, 0.4) is 0 Å². The molecule has 1 aliphatic rings. The van der Waals surface area contributed by atoms with Crippen LogP contribution < -0.4 is 0 Å². The van der Waals surface area contributed by atoms with E-state index in [1.54, 1.807) is 18.2 Å². The number of benzene rings is 3. The molecule has 8 nitrogen and oxygen atoms in total. The number of hydrogen-bond acceptors (Lipinski definition) is 6. The average Bonchev–Trinajstić information content (AvgIpc) is 2.85. The van der Waals surface area contributed by atoms with Gasteiger partial charge in [0.25, 0.3) is 11.4 Å². The molecule has 35 heavy (non-hydrogen) atoms. The summed E-state index contributed by atoms with van der Waals surface area (Å²) in [5, 5.41) is 23.0. The standard InChI is InChI=1S/C27H27N3O5/c1-18-10-12-20(13-11-18)17-28-25(21-6-4-8-23(14-21)29(32)33)16-26(31)19(2)27(28,3)22-7-5-9-24(15-22)30(34)35/h4-15,19,25H,16-17H2,1-3H3/t19?,25-,27+/m0/s1. The Morgan fingerprint density at radius 1 is 0.943 bits per heavy atom. The fraction of sp³-hybridized carbons (Fsp3) is 0.296. The van der Waals surface area contributed by atoms with Gasteiger partial charge in [-0.3, -0.25) is 29.9 Å². The van der Waals surface area contributed by atoms with Crippen LogP contribution in [0, 0.1) is 33.1 Å². The van der Waals surface area contributed by atoms with E-state index >= 15 is 0 Å². The van der Waals surface area contributed by atoms with Gasteiger partial charge in [0.15, 0.2) is 0 Å². The first-order valence-electron chi connectivity index (χ1n) is 11.5. The van der Waals surface area contributed by atoms with Gasteiger partial charge >= 0.3 is 0 Å². The number of Topliss-reactive ketones (excluding diaryl/α,β-unsaturated/α-hetero) is 1. The second-order valence-electron chi connectivity index (χ2n) is 9.33. The molecule has 3 atom stereocenters. The lowest BCUT2D eigenvalue weighted by Crippen LogP contribution is -2.56. The largest absolute Gasteiger partial charge is 0.299 e. The first-order chi connectivity index (χ1) is 16.6. The smallest absolute Gasteiger partial charge is 0.269 e. The molecule has 0 saturated carbocycles. The molecule has 1 fully saturated rings. The summed E-state index contributed by atoms with van der Waals surface area (Å²) in [4.78, 5) is 37.6. The third-order valence-corrected chi connectivity index (χ3v) is 7.27. The van der Waals surface area contributed by atoms with Crippen LogP contribution >= 0.6 is 0 Å². The lowest BCUT2D eigenvalue weighted by molar-refractivity contribution is -0.385. The number of ketones is 1. The number of hydrogen-bond donors (Lipinski definition) is 0. The predicted octanol–water partition coefficient (Wildman–Crippen LogP) is 5.88. The Morgan fingerprint density at radius 2 is 1.54 bits per heavy atom. The SMILES string of the molecule is Cc1ccc(CN2[C@H](c3cccc([N+](=O)[O-])c3)CC(=O)C(C)[C@]2(C)c2cccc([N+](=O)[O-])c2)cc1. The molecule has 1 aliphatic heterocycles. The molecule has 1 saturated heterocycles. The summed E-state index contributed by atoms with van der Waals surface area (Å²) in [6.45, 7) is 6.26. The molecular formula is C27H27N3O5. The van der Waals surface area contributed by atoms with Gasteiger partial charge in [-0.2, -0.15) is 0 Å². The Kier molecular flexibility index (Phi) is 6.49. The van der Waals surface area contributed by atoms with Crippen molar-refractivity contribution in [3.05, 3.63) is 115 Å². The Balaban J connectivity index is 1.90. The minimum atomic E-state index is -0.887. The van der Waals surface area contributed by atoms with E-state index in [9.17, 15) is 25.0 Å². The van der Waals surface area contributed by atoms with Crippen molar-refractivity contribution in [3.63, 3.8) is 0 Å². The van der Waals surface area contributed by atoms with Crippen LogP contribution in [0.15, 0.2) is 72.8 Å². The highest BCUT2D eigenvalue weighted by molar-refractivity contribution is 5.84. The number of nitrogens with zero attached hydrogens (tertiary/aromatic N) is 3. The molecule has 0 radical (unpaired) electrons. The average molecular weight is 474 g/mol. The van der Waals surface area contributed by atoms with Crippen LogP contribution in [0.25, 0.3) is 0 Å². The monoisotopic (exact) mass is 473 g/mol. The lowest BCUT2D eigenvalue weighted by atomic mass is 9.70. The number of likely N-dealkylation sites (tertiary alicyclic amines) is 1. The number of nitro benzene ring substituents is 2. The van der Waals surface area contributed by atoms with Gasteiger partial charge < -0.3 is 0 Å². The van der Waals surface area contributed by atoms with Gasteiger partial charge in [-0.1, -0.05) is 61.0 Å².